The van der Waals surface area contributed by atoms with E-state index in [1.54, 1.807) is 41.4 Å². The third-order valence-corrected chi connectivity index (χ3v) is 6.40. The van der Waals surface area contributed by atoms with Crippen LogP contribution in [0.25, 0.3) is 0 Å². The summed E-state index contributed by atoms with van der Waals surface area (Å²) in [6.45, 7) is 2.93. The van der Waals surface area contributed by atoms with Gasteiger partial charge in [0.2, 0.25) is 0 Å². The summed E-state index contributed by atoms with van der Waals surface area (Å²) < 4.78 is 38.2. The first-order chi connectivity index (χ1) is 14.7. The average Bonchev–Trinajstić information content (AvgIpc) is 3.22. The van der Waals surface area contributed by atoms with Crippen molar-refractivity contribution in [1.82, 2.24) is 4.90 Å². The maximum Gasteiger partial charge on any atom is 0.416 e. The molecule has 31 heavy (non-hydrogen) atoms. The molecule has 2 amide bonds. The van der Waals surface area contributed by atoms with Crippen molar-refractivity contribution in [2.75, 3.05) is 11.9 Å². The van der Waals surface area contributed by atoms with Crippen molar-refractivity contribution in [3.63, 3.8) is 0 Å². The summed E-state index contributed by atoms with van der Waals surface area (Å²) in [5.74, 6) is -0.651. The molecule has 4 rings (SSSR count). The Morgan fingerprint density at radius 1 is 1.06 bits per heavy atom. The number of hydrogen-bond acceptors (Lipinski definition) is 3. The number of rotatable bonds is 3. The first kappa shape index (κ1) is 21.1. The van der Waals surface area contributed by atoms with Gasteiger partial charge in [-0.1, -0.05) is 6.07 Å². The molecule has 0 unspecified atom stereocenters. The Kier molecular flexibility index (Phi) is 5.58. The van der Waals surface area contributed by atoms with E-state index in [-0.39, 0.29) is 11.5 Å². The van der Waals surface area contributed by atoms with E-state index in [1.807, 2.05) is 11.4 Å². The van der Waals surface area contributed by atoms with Crippen LogP contribution < -0.4 is 5.32 Å². The largest absolute Gasteiger partial charge is 0.416 e. The summed E-state index contributed by atoms with van der Waals surface area (Å²) in [5.41, 5.74) is 2.00. The van der Waals surface area contributed by atoms with Gasteiger partial charge in [-0.2, -0.15) is 13.2 Å². The van der Waals surface area contributed by atoms with Crippen LogP contribution >= 0.6 is 11.3 Å². The number of carbonyl (C=O) groups is 2. The molecule has 3 aromatic rings. The van der Waals surface area contributed by atoms with E-state index in [1.165, 1.54) is 4.88 Å². The second-order valence-electron chi connectivity index (χ2n) is 7.35. The van der Waals surface area contributed by atoms with Crippen molar-refractivity contribution in [3.05, 3.63) is 86.6 Å². The van der Waals surface area contributed by atoms with Crippen LogP contribution in [-0.4, -0.2) is 23.3 Å². The number of thiophene rings is 1. The molecule has 0 saturated heterocycles. The number of alkyl halides is 3. The number of anilines is 1. The highest BCUT2D eigenvalue weighted by Gasteiger charge is 2.30. The molecule has 0 spiro atoms. The number of benzene rings is 2. The molecule has 0 radical (unpaired) electrons. The standard InChI is InChI=1S/C23H19F3N2O2S/c1-14-18(22(30)28-11-9-20-16(13-28)10-12-31-20)3-2-4-19(14)27-21(29)15-5-7-17(8-6-15)23(24,25)26/h2-8,10,12H,9,11,13H2,1H3,(H,27,29). The molecule has 2 aromatic carbocycles. The van der Waals surface area contributed by atoms with Crippen LogP contribution in [0.1, 0.15) is 42.3 Å². The highest BCUT2D eigenvalue weighted by atomic mass is 32.1. The Morgan fingerprint density at radius 2 is 1.81 bits per heavy atom. The van der Waals surface area contributed by atoms with Crippen LogP contribution in [0.5, 0.6) is 0 Å². The average molecular weight is 444 g/mol. The predicted octanol–water partition coefficient (Wildman–Crippen LogP) is 5.53. The molecule has 0 fully saturated rings. The number of nitrogens with one attached hydrogen (secondary N) is 1. The first-order valence-electron chi connectivity index (χ1n) is 9.67. The fraction of sp³-hybridized carbons (Fsp3) is 0.217. The lowest BCUT2D eigenvalue weighted by Gasteiger charge is -2.28. The van der Waals surface area contributed by atoms with Crippen LogP contribution in [0.3, 0.4) is 0 Å². The minimum absolute atomic E-state index is 0.102. The van der Waals surface area contributed by atoms with Gasteiger partial charge in [-0.3, -0.25) is 9.59 Å². The normalized spacial score (nSPS) is 13.6. The lowest BCUT2D eigenvalue weighted by atomic mass is 10.0. The molecule has 4 nitrogen and oxygen atoms in total. The van der Waals surface area contributed by atoms with Crippen molar-refractivity contribution in [3.8, 4) is 0 Å². The molecule has 0 aliphatic carbocycles. The number of amides is 2. The van der Waals surface area contributed by atoms with Gasteiger partial charge in [-0.05, 0) is 72.3 Å². The van der Waals surface area contributed by atoms with Crippen LogP contribution in [0.2, 0.25) is 0 Å². The molecule has 0 saturated carbocycles. The molecule has 1 aliphatic heterocycles. The van der Waals surface area contributed by atoms with E-state index >= 15 is 0 Å². The van der Waals surface area contributed by atoms with E-state index in [2.05, 4.69) is 5.32 Å². The number of nitrogens with zero attached hydrogens (tertiary/aromatic N) is 1. The fourth-order valence-corrected chi connectivity index (χ4v) is 4.49. The van der Waals surface area contributed by atoms with Crippen LogP contribution in [0.4, 0.5) is 18.9 Å². The Labute approximate surface area is 181 Å². The van der Waals surface area contributed by atoms with E-state index in [0.29, 0.717) is 29.9 Å². The topological polar surface area (TPSA) is 49.4 Å². The molecule has 2 heterocycles. The lowest BCUT2D eigenvalue weighted by molar-refractivity contribution is -0.137. The Morgan fingerprint density at radius 3 is 2.52 bits per heavy atom. The molecule has 1 N–H and O–H groups in total. The van der Waals surface area contributed by atoms with E-state index < -0.39 is 17.6 Å². The summed E-state index contributed by atoms with van der Waals surface area (Å²) in [6, 6.07) is 11.1. The summed E-state index contributed by atoms with van der Waals surface area (Å²) in [5, 5.41) is 4.73. The third-order valence-electron chi connectivity index (χ3n) is 5.38. The van der Waals surface area contributed by atoms with Gasteiger partial charge in [0.05, 0.1) is 5.56 Å². The number of fused-ring (bicyclic) bond motifs is 1. The maximum atomic E-state index is 13.1. The highest BCUT2D eigenvalue weighted by molar-refractivity contribution is 7.10. The summed E-state index contributed by atoms with van der Waals surface area (Å²) in [4.78, 5) is 28.7. The third kappa shape index (κ3) is 4.34. The summed E-state index contributed by atoms with van der Waals surface area (Å²) >= 11 is 1.70. The van der Waals surface area contributed by atoms with Crippen molar-refractivity contribution in [1.29, 1.82) is 0 Å². The smallest absolute Gasteiger partial charge is 0.334 e. The van der Waals surface area contributed by atoms with Gasteiger partial charge in [-0.15, -0.1) is 11.3 Å². The summed E-state index contributed by atoms with van der Waals surface area (Å²) in [7, 11) is 0. The number of carbonyl (C=O) groups excluding carboxylic acids is 2. The molecule has 0 atom stereocenters. The number of halogens is 3. The van der Waals surface area contributed by atoms with E-state index in [9.17, 15) is 22.8 Å². The first-order valence-corrected chi connectivity index (χ1v) is 10.5. The van der Waals surface area contributed by atoms with Crippen LogP contribution in [-0.2, 0) is 19.1 Å². The fourth-order valence-electron chi connectivity index (χ4n) is 3.60. The zero-order valence-corrected chi connectivity index (χ0v) is 17.4. The quantitative estimate of drug-likeness (QED) is 0.578. The molecule has 160 valence electrons. The zero-order chi connectivity index (χ0) is 22.2. The second-order valence-corrected chi connectivity index (χ2v) is 8.35. The molecule has 1 aliphatic rings. The Hall–Kier alpha value is -3.13. The lowest BCUT2D eigenvalue weighted by Crippen LogP contribution is -2.35. The number of hydrogen-bond donors (Lipinski definition) is 1. The molecule has 1 aromatic heterocycles. The van der Waals surface area contributed by atoms with Gasteiger partial charge >= 0.3 is 6.18 Å². The van der Waals surface area contributed by atoms with Crippen LogP contribution in [0.15, 0.2) is 53.9 Å². The minimum Gasteiger partial charge on any atom is -0.334 e. The van der Waals surface area contributed by atoms with Gasteiger partial charge in [-0.25, -0.2) is 0 Å². The molecular formula is C23H19F3N2O2S. The second kappa shape index (κ2) is 8.19. The van der Waals surface area contributed by atoms with Crippen molar-refractivity contribution >= 4 is 28.8 Å². The summed E-state index contributed by atoms with van der Waals surface area (Å²) in [6.07, 6.45) is -3.64. The minimum atomic E-state index is -4.46. The van der Waals surface area contributed by atoms with E-state index in [4.69, 9.17) is 0 Å². The van der Waals surface area contributed by atoms with Crippen LogP contribution in [0, 0.1) is 6.92 Å². The van der Waals surface area contributed by atoms with Crippen molar-refractivity contribution < 1.29 is 22.8 Å². The maximum absolute atomic E-state index is 13.1. The molecular weight excluding hydrogens is 425 g/mol. The van der Waals surface area contributed by atoms with Gasteiger partial charge < -0.3 is 10.2 Å². The SMILES string of the molecule is Cc1c(NC(=O)c2ccc(C(F)(F)F)cc2)cccc1C(=O)N1CCc2sccc2C1. The molecule has 8 heteroatoms. The van der Waals surface area contributed by atoms with Gasteiger partial charge in [0.1, 0.15) is 0 Å². The van der Waals surface area contributed by atoms with E-state index in [0.717, 1.165) is 36.2 Å². The van der Waals surface area contributed by atoms with Crippen molar-refractivity contribution in [2.24, 2.45) is 0 Å². The Bertz CT molecular complexity index is 1140. The zero-order valence-electron chi connectivity index (χ0n) is 16.6. The monoisotopic (exact) mass is 444 g/mol. The van der Waals surface area contributed by atoms with Crippen molar-refractivity contribution in [2.45, 2.75) is 26.1 Å². The predicted molar refractivity (Wildman–Crippen MR) is 113 cm³/mol. The van der Waals surface area contributed by atoms with Gasteiger partial charge in [0.25, 0.3) is 11.8 Å². The molecule has 0 bridgehead atoms. The highest BCUT2D eigenvalue weighted by Crippen LogP contribution is 2.30. The van der Waals surface area contributed by atoms with Gasteiger partial charge in [0.15, 0.2) is 0 Å². The van der Waals surface area contributed by atoms with Gasteiger partial charge in [0, 0.05) is 34.8 Å². The Balaban J connectivity index is 1.51.